The molecule has 0 bridgehead atoms. The van der Waals surface area contributed by atoms with Crippen LogP contribution in [0.1, 0.15) is 11.1 Å². The second-order valence-electron chi connectivity index (χ2n) is 3.80. The molecule has 0 atom stereocenters. The molecule has 0 amide bonds. The number of hydrogen-bond acceptors (Lipinski definition) is 3. The van der Waals surface area contributed by atoms with Crippen molar-refractivity contribution in [3.05, 3.63) is 59.7 Å². The number of pyridine rings is 1. The average Bonchev–Trinajstić information content (AvgIpc) is 2.45. The van der Waals surface area contributed by atoms with Crippen LogP contribution in [-0.2, 0) is 6.61 Å². The molecule has 2 aromatic rings. The minimum atomic E-state index is -0.412. The summed E-state index contributed by atoms with van der Waals surface area (Å²) in [5.74, 6) is 5.32. The minimum Gasteiger partial charge on any atom is -0.489 e. The van der Waals surface area contributed by atoms with Gasteiger partial charge in [0, 0.05) is 24.0 Å². The van der Waals surface area contributed by atoms with Gasteiger partial charge >= 0.3 is 0 Å². The number of nitrogens with two attached hydrogens (primary N) is 1. The fourth-order valence-corrected chi connectivity index (χ4v) is 1.48. The van der Waals surface area contributed by atoms with E-state index in [0.717, 1.165) is 5.56 Å². The van der Waals surface area contributed by atoms with Crippen LogP contribution in [0.4, 0.5) is 4.39 Å². The number of hydrogen-bond donors (Lipinski definition) is 1. The van der Waals surface area contributed by atoms with E-state index in [-0.39, 0.29) is 6.54 Å². The van der Waals surface area contributed by atoms with Crippen LogP contribution < -0.4 is 10.5 Å². The second kappa shape index (κ2) is 6.53. The molecule has 2 N–H and O–H groups in total. The number of rotatable bonds is 3. The molecular weight excluding hydrogens is 243 g/mol. The molecule has 0 aliphatic rings. The van der Waals surface area contributed by atoms with E-state index in [2.05, 4.69) is 16.8 Å². The van der Waals surface area contributed by atoms with E-state index in [9.17, 15) is 4.39 Å². The molecule has 0 aliphatic heterocycles. The number of aromatic nitrogens is 1. The maximum absolute atomic E-state index is 13.7. The Kier molecular flexibility index (Phi) is 4.49. The quantitative estimate of drug-likeness (QED) is 0.856. The van der Waals surface area contributed by atoms with Crippen LogP contribution in [0.3, 0.4) is 0 Å². The summed E-state index contributed by atoms with van der Waals surface area (Å²) >= 11 is 0. The largest absolute Gasteiger partial charge is 0.489 e. The van der Waals surface area contributed by atoms with Gasteiger partial charge in [0.1, 0.15) is 18.2 Å². The molecule has 4 heteroatoms. The van der Waals surface area contributed by atoms with Gasteiger partial charge in [-0.3, -0.25) is 4.98 Å². The Balaban J connectivity index is 2.04. The summed E-state index contributed by atoms with van der Waals surface area (Å²) in [5, 5.41) is 0. The highest BCUT2D eigenvalue weighted by Gasteiger charge is 2.02. The molecule has 0 radical (unpaired) electrons. The molecule has 0 aliphatic carbocycles. The monoisotopic (exact) mass is 256 g/mol. The predicted molar refractivity (Wildman–Crippen MR) is 70.9 cm³/mol. The fourth-order valence-electron chi connectivity index (χ4n) is 1.48. The van der Waals surface area contributed by atoms with Gasteiger partial charge in [0.2, 0.25) is 0 Å². The first kappa shape index (κ1) is 13.1. The Morgan fingerprint density at radius 3 is 2.89 bits per heavy atom. The molecule has 1 heterocycles. The number of benzene rings is 1. The summed E-state index contributed by atoms with van der Waals surface area (Å²) in [6.45, 7) is 0.555. The summed E-state index contributed by atoms with van der Waals surface area (Å²) in [7, 11) is 0. The van der Waals surface area contributed by atoms with Crippen LogP contribution in [0.2, 0.25) is 0 Å². The summed E-state index contributed by atoms with van der Waals surface area (Å²) in [6.07, 6.45) is 3.39. The summed E-state index contributed by atoms with van der Waals surface area (Å²) in [4.78, 5) is 3.98. The van der Waals surface area contributed by atoms with E-state index in [1.54, 1.807) is 24.5 Å². The highest BCUT2D eigenvalue weighted by Crippen LogP contribution is 2.17. The third-order valence-electron chi connectivity index (χ3n) is 2.39. The van der Waals surface area contributed by atoms with Gasteiger partial charge in [0.25, 0.3) is 0 Å². The third-order valence-corrected chi connectivity index (χ3v) is 2.39. The molecular formula is C15H13FN2O. The van der Waals surface area contributed by atoms with Gasteiger partial charge in [-0.2, -0.15) is 0 Å². The lowest BCUT2D eigenvalue weighted by atomic mass is 10.2. The van der Waals surface area contributed by atoms with E-state index >= 15 is 0 Å². The summed E-state index contributed by atoms with van der Waals surface area (Å²) in [6, 6.07) is 8.29. The van der Waals surface area contributed by atoms with E-state index in [0.29, 0.717) is 17.9 Å². The van der Waals surface area contributed by atoms with Crippen molar-refractivity contribution < 1.29 is 9.13 Å². The molecule has 0 saturated carbocycles. The molecule has 0 saturated heterocycles. The lowest BCUT2D eigenvalue weighted by molar-refractivity contribution is 0.304. The Morgan fingerprint density at radius 1 is 1.32 bits per heavy atom. The van der Waals surface area contributed by atoms with E-state index in [4.69, 9.17) is 10.5 Å². The second-order valence-corrected chi connectivity index (χ2v) is 3.80. The van der Waals surface area contributed by atoms with Gasteiger partial charge in [0.15, 0.2) is 0 Å². The lowest BCUT2D eigenvalue weighted by Crippen LogP contribution is -1.97. The van der Waals surface area contributed by atoms with Crippen molar-refractivity contribution >= 4 is 0 Å². The van der Waals surface area contributed by atoms with E-state index < -0.39 is 5.82 Å². The van der Waals surface area contributed by atoms with Crippen molar-refractivity contribution in [1.82, 2.24) is 4.98 Å². The van der Waals surface area contributed by atoms with E-state index in [1.807, 2.05) is 12.1 Å². The Hall–Kier alpha value is -2.38. The van der Waals surface area contributed by atoms with Crippen molar-refractivity contribution in [2.75, 3.05) is 6.54 Å². The van der Waals surface area contributed by atoms with Gasteiger partial charge in [-0.15, -0.1) is 0 Å². The first-order valence-corrected chi connectivity index (χ1v) is 5.80. The first-order chi connectivity index (χ1) is 9.29. The SMILES string of the molecule is NCC#Cc1ccc(OCc2cccnc2)cc1F. The van der Waals surface area contributed by atoms with Gasteiger partial charge in [-0.05, 0) is 18.2 Å². The van der Waals surface area contributed by atoms with Crippen LogP contribution >= 0.6 is 0 Å². The molecule has 1 aromatic carbocycles. The van der Waals surface area contributed by atoms with Crippen LogP contribution in [0.15, 0.2) is 42.7 Å². The summed E-state index contributed by atoms with van der Waals surface area (Å²) < 4.78 is 19.1. The maximum Gasteiger partial charge on any atom is 0.142 e. The molecule has 3 nitrogen and oxygen atoms in total. The standard InChI is InChI=1S/C15H13FN2O/c16-15-9-14(6-5-13(15)4-1-7-17)19-11-12-3-2-8-18-10-12/h2-3,5-6,8-10H,7,11,17H2. The first-order valence-electron chi connectivity index (χ1n) is 5.80. The van der Waals surface area contributed by atoms with Gasteiger partial charge < -0.3 is 10.5 Å². The van der Waals surface area contributed by atoms with Crippen LogP contribution in [0.25, 0.3) is 0 Å². The number of halogens is 1. The van der Waals surface area contributed by atoms with Crippen molar-refractivity contribution in [3.8, 4) is 17.6 Å². The molecule has 0 spiro atoms. The van der Waals surface area contributed by atoms with Gasteiger partial charge in [-0.25, -0.2) is 4.39 Å². The highest BCUT2D eigenvalue weighted by molar-refractivity contribution is 5.39. The highest BCUT2D eigenvalue weighted by atomic mass is 19.1. The Labute approximate surface area is 111 Å². The van der Waals surface area contributed by atoms with Crippen molar-refractivity contribution in [1.29, 1.82) is 0 Å². The molecule has 1 aromatic heterocycles. The molecule has 0 fully saturated rings. The third kappa shape index (κ3) is 3.80. The zero-order chi connectivity index (χ0) is 13.5. The average molecular weight is 256 g/mol. The van der Waals surface area contributed by atoms with Gasteiger partial charge in [-0.1, -0.05) is 17.9 Å². The zero-order valence-electron chi connectivity index (χ0n) is 10.3. The molecule has 2 rings (SSSR count). The van der Waals surface area contributed by atoms with Crippen molar-refractivity contribution in [2.45, 2.75) is 6.61 Å². The fraction of sp³-hybridized carbons (Fsp3) is 0.133. The zero-order valence-corrected chi connectivity index (χ0v) is 10.3. The maximum atomic E-state index is 13.7. The Bertz CT molecular complexity index is 603. The van der Waals surface area contributed by atoms with E-state index in [1.165, 1.54) is 6.07 Å². The lowest BCUT2D eigenvalue weighted by Gasteiger charge is -2.06. The topological polar surface area (TPSA) is 48.1 Å². The number of ether oxygens (including phenoxy) is 1. The predicted octanol–water partition coefficient (Wildman–Crippen LogP) is 2.11. The minimum absolute atomic E-state index is 0.207. The normalized spacial score (nSPS) is 9.58. The van der Waals surface area contributed by atoms with Crippen LogP contribution in [-0.4, -0.2) is 11.5 Å². The van der Waals surface area contributed by atoms with Crippen LogP contribution in [0.5, 0.6) is 5.75 Å². The van der Waals surface area contributed by atoms with Crippen molar-refractivity contribution in [3.63, 3.8) is 0 Å². The smallest absolute Gasteiger partial charge is 0.142 e. The van der Waals surface area contributed by atoms with Gasteiger partial charge in [0.05, 0.1) is 12.1 Å². The van der Waals surface area contributed by atoms with Crippen molar-refractivity contribution in [2.24, 2.45) is 5.73 Å². The molecule has 96 valence electrons. The Morgan fingerprint density at radius 2 is 2.21 bits per heavy atom. The summed E-state index contributed by atoms with van der Waals surface area (Å²) in [5.41, 5.74) is 6.49. The molecule has 19 heavy (non-hydrogen) atoms. The van der Waals surface area contributed by atoms with Crippen LogP contribution in [0, 0.1) is 17.7 Å². The number of nitrogens with zero attached hydrogens (tertiary/aromatic N) is 1. The molecule has 0 unspecified atom stereocenters.